The van der Waals surface area contributed by atoms with Crippen LogP contribution in [0.25, 0.3) is 5.82 Å². The Morgan fingerprint density at radius 3 is 2.63 bits per heavy atom. The molecule has 0 N–H and O–H groups in total. The van der Waals surface area contributed by atoms with E-state index in [0.717, 1.165) is 42.7 Å². The Balaban J connectivity index is 0.00000210. The van der Waals surface area contributed by atoms with Gasteiger partial charge in [0, 0.05) is 30.3 Å². The molecule has 1 aliphatic heterocycles. The van der Waals surface area contributed by atoms with Gasteiger partial charge in [0.05, 0.1) is 5.69 Å². The van der Waals surface area contributed by atoms with E-state index in [2.05, 4.69) is 10.1 Å². The van der Waals surface area contributed by atoms with Crippen molar-refractivity contribution in [3.05, 3.63) is 29.6 Å². The van der Waals surface area contributed by atoms with E-state index in [9.17, 15) is 13.5 Å². The fourth-order valence-corrected chi connectivity index (χ4v) is 6.41. The summed E-state index contributed by atoms with van der Waals surface area (Å²) in [6.45, 7) is 2.31. The van der Waals surface area contributed by atoms with Gasteiger partial charge in [-0.15, -0.1) is 0 Å². The first-order chi connectivity index (χ1) is 12.5. The van der Waals surface area contributed by atoms with Gasteiger partial charge >= 0.3 is 29.6 Å². The number of hydrogen-bond donors (Lipinski definition) is 0. The summed E-state index contributed by atoms with van der Waals surface area (Å²) in [4.78, 5) is 4.38. The van der Waals surface area contributed by atoms with Crippen LogP contribution in [0.4, 0.5) is 0 Å². The van der Waals surface area contributed by atoms with Gasteiger partial charge in [-0.1, -0.05) is 19.8 Å². The number of aromatic nitrogens is 3. The van der Waals surface area contributed by atoms with Crippen molar-refractivity contribution in [2.75, 3.05) is 6.54 Å². The second kappa shape index (κ2) is 8.42. The van der Waals surface area contributed by atoms with Crippen LogP contribution in [0.5, 0.6) is 5.88 Å². The van der Waals surface area contributed by atoms with Crippen LogP contribution < -0.4 is 34.7 Å². The largest absolute Gasteiger partial charge is 1.00 e. The first kappa shape index (κ1) is 21.1. The molecule has 0 saturated heterocycles. The third-order valence-electron chi connectivity index (χ3n) is 5.09. The Labute approximate surface area is 185 Å². The van der Waals surface area contributed by atoms with Gasteiger partial charge in [0.1, 0.15) is 4.90 Å². The number of thioether (sulfide) groups is 1. The maximum Gasteiger partial charge on any atom is 1.00 e. The van der Waals surface area contributed by atoms with E-state index in [1.54, 1.807) is 22.1 Å². The van der Waals surface area contributed by atoms with Gasteiger partial charge in [0.15, 0.2) is 5.82 Å². The zero-order valence-electron chi connectivity index (χ0n) is 15.6. The standard InChI is InChI=1S/C17H22N4O3S2.Na/c1-2-20(12-5-3-4-6-12)26(23,24)13-7-8-16(18-9-13)21-17(22)14-10-25-11-15(14)19-21;/h7-9,12,22H,2-6,10-11H2,1H3;/q;+1/p-1. The molecule has 0 radical (unpaired) electrons. The summed E-state index contributed by atoms with van der Waals surface area (Å²) >= 11 is 1.67. The molecule has 3 heterocycles. The van der Waals surface area contributed by atoms with Crippen LogP contribution in [0.1, 0.15) is 43.9 Å². The molecule has 10 heteroatoms. The minimum absolute atomic E-state index is 0. The Morgan fingerprint density at radius 2 is 2.04 bits per heavy atom. The molecule has 7 nitrogen and oxygen atoms in total. The predicted molar refractivity (Wildman–Crippen MR) is 97.6 cm³/mol. The van der Waals surface area contributed by atoms with Crippen LogP contribution in [0, 0.1) is 0 Å². The van der Waals surface area contributed by atoms with E-state index in [1.165, 1.54) is 16.9 Å². The number of hydrogen-bond acceptors (Lipinski definition) is 6. The molecule has 1 fully saturated rings. The smallest absolute Gasteiger partial charge is 0.858 e. The van der Waals surface area contributed by atoms with Crippen molar-refractivity contribution in [2.45, 2.75) is 55.1 Å². The molecule has 0 aromatic carbocycles. The van der Waals surface area contributed by atoms with E-state index < -0.39 is 10.0 Å². The fourth-order valence-electron chi connectivity index (χ4n) is 3.75. The Hall–Kier alpha value is -0.580. The number of rotatable bonds is 5. The Bertz CT molecular complexity index is 909. The average molecular weight is 417 g/mol. The number of fused-ring (bicyclic) bond motifs is 1. The third kappa shape index (κ3) is 3.82. The maximum atomic E-state index is 13.0. The van der Waals surface area contributed by atoms with Gasteiger partial charge in [-0.3, -0.25) is 0 Å². The summed E-state index contributed by atoms with van der Waals surface area (Å²) in [6.07, 6.45) is 5.30. The topological polar surface area (TPSA) is 91.2 Å². The summed E-state index contributed by atoms with van der Waals surface area (Å²) in [5.74, 6) is 1.61. The Morgan fingerprint density at radius 1 is 1.30 bits per heavy atom. The summed E-state index contributed by atoms with van der Waals surface area (Å²) in [7, 11) is -3.58. The van der Waals surface area contributed by atoms with E-state index in [-0.39, 0.29) is 46.4 Å². The third-order valence-corrected chi connectivity index (χ3v) is 8.07. The number of sulfonamides is 1. The second-order valence-corrected chi connectivity index (χ2v) is 9.51. The first-order valence-electron chi connectivity index (χ1n) is 8.86. The number of pyridine rings is 1. The zero-order valence-corrected chi connectivity index (χ0v) is 19.2. The summed E-state index contributed by atoms with van der Waals surface area (Å²) in [5, 5.41) is 16.7. The van der Waals surface area contributed by atoms with Crippen molar-refractivity contribution in [2.24, 2.45) is 0 Å². The SMILES string of the molecule is CCN(C1CCCC1)S(=O)(=O)c1ccc(-n2nc3c(c2[O-])CSC3)nc1.[Na+]. The minimum Gasteiger partial charge on any atom is -0.858 e. The van der Waals surface area contributed by atoms with Gasteiger partial charge in [-0.05, 0) is 36.4 Å². The van der Waals surface area contributed by atoms with Gasteiger partial charge in [0.2, 0.25) is 10.0 Å². The van der Waals surface area contributed by atoms with Crippen molar-refractivity contribution in [3.8, 4) is 11.7 Å². The van der Waals surface area contributed by atoms with Gasteiger partial charge in [0.25, 0.3) is 0 Å². The fraction of sp³-hybridized carbons (Fsp3) is 0.529. The summed E-state index contributed by atoms with van der Waals surface area (Å²) in [6, 6.07) is 3.16. The summed E-state index contributed by atoms with van der Waals surface area (Å²) in [5.41, 5.74) is 1.53. The van der Waals surface area contributed by atoms with Crippen molar-refractivity contribution in [1.82, 2.24) is 19.1 Å². The molecule has 27 heavy (non-hydrogen) atoms. The molecule has 0 amide bonds. The maximum absolute atomic E-state index is 13.0. The van der Waals surface area contributed by atoms with Crippen molar-refractivity contribution >= 4 is 21.8 Å². The van der Waals surface area contributed by atoms with Crippen molar-refractivity contribution < 1.29 is 43.1 Å². The zero-order chi connectivity index (χ0) is 18.3. The van der Waals surface area contributed by atoms with E-state index in [4.69, 9.17) is 0 Å². The van der Waals surface area contributed by atoms with Crippen LogP contribution in [-0.2, 0) is 21.5 Å². The monoisotopic (exact) mass is 416 g/mol. The van der Waals surface area contributed by atoms with Gasteiger partial charge in [-0.2, -0.15) is 21.2 Å². The van der Waals surface area contributed by atoms with E-state index >= 15 is 0 Å². The molecule has 0 bridgehead atoms. The van der Waals surface area contributed by atoms with Gasteiger partial charge < -0.3 is 5.11 Å². The van der Waals surface area contributed by atoms with E-state index in [1.807, 2.05) is 6.92 Å². The van der Waals surface area contributed by atoms with Crippen LogP contribution in [0.2, 0.25) is 0 Å². The second-order valence-electron chi connectivity index (χ2n) is 6.63. The molecule has 2 aromatic rings. The van der Waals surface area contributed by atoms with E-state index in [0.29, 0.717) is 18.1 Å². The van der Waals surface area contributed by atoms with Crippen molar-refractivity contribution in [1.29, 1.82) is 0 Å². The van der Waals surface area contributed by atoms with Crippen LogP contribution >= 0.6 is 11.8 Å². The molecule has 4 rings (SSSR count). The predicted octanol–water partition coefficient (Wildman–Crippen LogP) is -0.955. The first-order valence-corrected chi connectivity index (χ1v) is 11.5. The minimum atomic E-state index is -3.58. The molecular formula is C17H21N4NaO3S2. The van der Waals surface area contributed by atoms with Crippen molar-refractivity contribution in [3.63, 3.8) is 0 Å². The average Bonchev–Trinajstić information content (AvgIpc) is 3.36. The molecular weight excluding hydrogens is 395 g/mol. The van der Waals surface area contributed by atoms with Crippen LogP contribution in [0.15, 0.2) is 23.2 Å². The number of nitrogens with zero attached hydrogens (tertiary/aromatic N) is 4. The quantitative estimate of drug-likeness (QED) is 0.584. The molecule has 2 aromatic heterocycles. The van der Waals surface area contributed by atoms with Crippen LogP contribution in [-0.4, -0.2) is 40.1 Å². The molecule has 1 saturated carbocycles. The molecule has 2 aliphatic rings. The normalized spacial score (nSPS) is 17.3. The molecule has 1 aliphatic carbocycles. The molecule has 140 valence electrons. The van der Waals surface area contributed by atoms with Crippen LogP contribution in [0.3, 0.4) is 0 Å². The Kier molecular flexibility index (Phi) is 6.59. The molecule has 0 atom stereocenters. The summed E-state index contributed by atoms with van der Waals surface area (Å²) < 4.78 is 28.8. The molecule has 0 unspecified atom stereocenters. The van der Waals surface area contributed by atoms with Gasteiger partial charge in [-0.25, -0.2) is 18.1 Å². The molecule has 0 spiro atoms.